The molecule has 22 heavy (non-hydrogen) atoms. The Morgan fingerprint density at radius 3 is 2.73 bits per heavy atom. The van der Waals surface area contributed by atoms with Gasteiger partial charge in [-0.25, -0.2) is 4.68 Å². The summed E-state index contributed by atoms with van der Waals surface area (Å²) in [6, 6.07) is 9.80. The molecule has 1 aromatic heterocycles. The van der Waals surface area contributed by atoms with Gasteiger partial charge in [0.25, 0.3) is 5.91 Å². The van der Waals surface area contributed by atoms with Gasteiger partial charge < -0.3 is 14.4 Å². The molecule has 0 N–H and O–H groups in total. The van der Waals surface area contributed by atoms with Crippen molar-refractivity contribution in [3.63, 3.8) is 0 Å². The molecule has 1 aromatic carbocycles. The molecule has 0 radical (unpaired) electrons. The standard InChI is InChI=1S/C16H19N3O3/c1-13-11-19(14-5-3-2-4-6-14)17-16(13)22-12-15(20)18-7-9-21-10-8-18/h2-6,11H,7-10,12H2,1H3. The van der Waals surface area contributed by atoms with Crippen LogP contribution in [0.15, 0.2) is 36.5 Å². The molecule has 1 saturated heterocycles. The van der Waals surface area contributed by atoms with E-state index in [2.05, 4.69) is 5.10 Å². The van der Waals surface area contributed by atoms with Crippen molar-refractivity contribution in [2.75, 3.05) is 32.9 Å². The van der Waals surface area contributed by atoms with Gasteiger partial charge in [-0.2, -0.15) is 0 Å². The van der Waals surface area contributed by atoms with Gasteiger partial charge in [0.15, 0.2) is 6.61 Å². The van der Waals surface area contributed by atoms with E-state index in [1.54, 1.807) is 9.58 Å². The molecule has 0 bridgehead atoms. The Bertz CT molecular complexity index is 633. The van der Waals surface area contributed by atoms with Crippen LogP contribution >= 0.6 is 0 Å². The molecule has 2 heterocycles. The van der Waals surface area contributed by atoms with Gasteiger partial charge in [-0.05, 0) is 19.1 Å². The monoisotopic (exact) mass is 301 g/mol. The van der Waals surface area contributed by atoms with Crippen molar-refractivity contribution in [1.82, 2.24) is 14.7 Å². The zero-order valence-electron chi connectivity index (χ0n) is 12.6. The van der Waals surface area contributed by atoms with E-state index in [9.17, 15) is 4.79 Å². The highest BCUT2D eigenvalue weighted by atomic mass is 16.5. The summed E-state index contributed by atoms with van der Waals surface area (Å²) in [7, 11) is 0. The minimum atomic E-state index is -0.0306. The third-order valence-electron chi connectivity index (χ3n) is 3.57. The zero-order chi connectivity index (χ0) is 15.4. The van der Waals surface area contributed by atoms with Crippen LogP contribution in [0.3, 0.4) is 0 Å². The second kappa shape index (κ2) is 6.62. The molecule has 1 fully saturated rings. The van der Waals surface area contributed by atoms with Crippen molar-refractivity contribution in [1.29, 1.82) is 0 Å². The van der Waals surface area contributed by atoms with Crippen LogP contribution in [0.5, 0.6) is 5.88 Å². The Morgan fingerprint density at radius 2 is 2.00 bits per heavy atom. The molecular weight excluding hydrogens is 282 g/mol. The molecule has 0 spiro atoms. The average Bonchev–Trinajstić information content (AvgIpc) is 2.95. The van der Waals surface area contributed by atoms with E-state index < -0.39 is 0 Å². The molecular formula is C16H19N3O3. The Balaban J connectivity index is 1.63. The SMILES string of the molecule is Cc1cn(-c2ccccc2)nc1OCC(=O)N1CCOCC1. The summed E-state index contributed by atoms with van der Waals surface area (Å²) in [5.74, 6) is 0.461. The highest BCUT2D eigenvalue weighted by Crippen LogP contribution is 2.17. The van der Waals surface area contributed by atoms with E-state index in [4.69, 9.17) is 9.47 Å². The number of benzene rings is 1. The lowest BCUT2D eigenvalue weighted by Gasteiger charge is -2.26. The van der Waals surface area contributed by atoms with Crippen LogP contribution < -0.4 is 4.74 Å². The zero-order valence-corrected chi connectivity index (χ0v) is 12.6. The first-order valence-corrected chi connectivity index (χ1v) is 7.34. The van der Waals surface area contributed by atoms with Crippen LogP contribution in [-0.4, -0.2) is 53.5 Å². The largest absolute Gasteiger partial charge is 0.466 e. The van der Waals surface area contributed by atoms with E-state index in [0.717, 1.165) is 11.3 Å². The van der Waals surface area contributed by atoms with E-state index in [-0.39, 0.29) is 12.5 Å². The Morgan fingerprint density at radius 1 is 1.27 bits per heavy atom. The predicted molar refractivity (Wildman–Crippen MR) is 81.2 cm³/mol. The molecule has 0 unspecified atom stereocenters. The number of aryl methyl sites for hydroxylation is 1. The molecule has 3 rings (SSSR count). The number of amides is 1. The first-order chi connectivity index (χ1) is 10.7. The normalized spacial score (nSPS) is 14.9. The lowest BCUT2D eigenvalue weighted by Crippen LogP contribution is -2.43. The maximum Gasteiger partial charge on any atom is 0.260 e. The van der Waals surface area contributed by atoms with Crippen molar-refractivity contribution in [2.24, 2.45) is 0 Å². The van der Waals surface area contributed by atoms with E-state index >= 15 is 0 Å². The van der Waals surface area contributed by atoms with Crippen molar-refractivity contribution >= 4 is 5.91 Å². The third-order valence-corrected chi connectivity index (χ3v) is 3.57. The Kier molecular flexibility index (Phi) is 4.39. The van der Waals surface area contributed by atoms with Gasteiger partial charge in [0.1, 0.15) is 0 Å². The number of hydrogen-bond donors (Lipinski definition) is 0. The van der Waals surface area contributed by atoms with Crippen LogP contribution in [0.1, 0.15) is 5.56 Å². The minimum Gasteiger partial charge on any atom is -0.466 e. The first kappa shape index (κ1) is 14.6. The fourth-order valence-corrected chi connectivity index (χ4v) is 2.33. The second-order valence-electron chi connectivity index (χ2n) is 5.18. The number of aromatic nitrogens is 2. The molecule has 0 atom stereocenters. The quantitative estimate of drug-likeness (QED) is 0.857. The second-order valence-corrected chi connectivity index (χ2v) is 5.18. The van der Waals surface area contributed by atoms with Crippen molar-refractivity contribution in [2.45, 2.75) is 6.92 Å². The number of nitrogens with zero attached hydrogens (tertiary/aromatic N) is 3. The van der Waals surface area contributed by atoms with Gasteiger partial charge in [0, 0.05) is 24.8 Å². The highest BCUT2D eigenvalue weighted by Gasteiger charge is 2.18. The van der Waals surface area contributed by atoms with E-state index in [1.165, 1.54) is 0 Å². The van der Waals surface area contributed by atoms with Crippen LogP contribution in [0.2, 0.25) is 0 Å². The lowest BCUT2D eigenvalue weighted by atomic mass is 10.3. The van der Waals surface area contributed by atoms with Crippen molar-refractivity contribution in [3.05, 3.63) is 42.1 Å². The fraction of sp³-hybridized carbons (Fsp3) is 0.375. The van der Waals surface area contributed by atoms with Crippen molar-refractivity contribution in [3.8, 4) is 11.6 Å². The van der Waals surface area contributed by atoms with Gasteiger partial charge in [0.2, 0.25) is 5.88 Å². The van der Waals surface area contributed by atoms with Crippen LogP contribution in [0.25, 0.3) is 5.69 Å². The van der Waals surface area contributed by atoms with Crippen LogP contribution in [0, 0.1) is 6.92 Å². The number of rotatable bonds is 4. The van der Waals surface area contributed by atoms with Crippen LogP contribution in [-0.2, 0) is 9.53 Å². The molecule has 116 valence electrons. The molecule has 0 saturated carbocycles. The van der Waals surface area contributed by atoms with Gasteiger partial charge >= 0.3 is 0 Å². The van der Waals surface area contributed by atoms with Crippen molar-refractivity contribution < 1.29 is 14.3 Å². The summed E-state index contributed by atoms with van der Waals surface area (Å²) < 4.78 is 12.6. The molecule has 6 heteroatoms. The topological polar surface area (TPSA) is 56.6 Å². The molecule has 1 aliphatic rings. The van der Waals surface area contributed by atoms with Gasteiger partial charge in [0.05, 0.1) is 18.9 Å². The summed E-state index contributed by atoms with van der Waals surface area (Å²) in [6.07, 6.45) is 1.89. The van der Waals surface area contributed by atoms with E-state index in [1.807, 2.05) is 43.5 Å². The molecule has 0 aliphatic carbocycles. The predicted octanol–water partition coefficient (Wildman–Crippen LogP) is 1.42. The first-order valence-electron chi connectivity index (χ1n) is 7.34. The summed E-state index contributed by atoms with van der Waals surface area (Å²) in [6.45, 7) is 4.35. The Hall–Kier alpha value is -2.34. The number of para-hydroxylation sites is 1. The molecule has 2 aromatic rings. The summed E-state index contributed by atoms with van der Waals surface area (Å²) in [5, 5.41) is 4.40. The molecule has 1 aliphatic heterocycles. The Labute approximate surface area is 129 Å². The smallest absolute Gasteiger partial charge is 0.260 e. The molecule has 1 amide bonds. The number of morpholine rings is 1. The number of ether oxygens (including phenoxy) is 2. The summed E-state index contributed by atoms with van der Waals surface area (Å²) in [5.41, 5.74) is 1.86. The number of hydrogen-bond acceptors (Lipinski definition) is 4. The fourth-order valence-electron chi connectivity index (χ4n) is 2.33. The minimum absolute atomic E-state index is 0.00659. The van der Waals surface area contributed by atoms with Gasteiger partial charge in [-0.1, -0.05) is 18.2 Å². The maximum absolute atomic E-state index is 12.1. The van der Waals surface area contributed by atoms with Gasteiger partial charge in [-0.3, -0.25) is 4.79 Å². The number of carbonyl (C=O) groups excluding carboxylic acids is 1. The van der Waals surface area contributed by atoms with Gasteiger partial charge in [-0.15, -0.1) is 5.10 Å². The summed E-state index contributed by atoms with van der Waals surface area (Å²) in [4.78, 5) is 13.8. The molecule has 6 nitrogen and oxygen atoms in total. The average molecular weight is 301 g/mol. The third kappa shape index (κ3) is 3.28. The van der Waals surface area contributed by atoms with Crippen LogP contribution in [0.4, 0.5) is 0 Å². The summed E-state index contributed by atoms with van der Waals surface area (Å²) >= 11 is 0. The lowest BCUT2D eigenvalue weighted by molar-refractivity contribution is -0.137. The number of carbonyl (C=O) groups is 1. The maximum atomic E-state index is 12.1. The highest BCUT2D eigenvalue weighted by molar-refractivity contribution is 5.77. The van der Waals surface area contributed by atoms with E-state index in [0.29, 0.717) is 32.2 Å².